The lowest BCUT2D eigenvalue weighted by Crippen LogP contribution is -2.11. The topological polar surface area (TPSA) is 17.0 Å². The molecular weight excluding hydrogens is 220 g/mol. The molecule has 0 saturated carbocycles. The van der Waals surface area contributed by atoms with E-state index in [0.29, 0.717) is 6.04 Å². The zero-order valence-electron chi connectivity index (χ0n) is 10.1. The summed E-state index contributed by atoms with van der Waals surface area (Å²) >= 11 is 6.31. The SMILES string of the molecule is CNC(C)c1cn(C)c2c(C)ccc(Cl)c12. The first kappa shape index (κ1) is 11.5. The van der Waals surface area contributed by atoms with E-state index in [4.69, 9.17) is 11.6 Å². The molecule has 0 fully saturated rings. The summed E-state index contributed by atoms with van der Waals surface area (Å²) in [7, 11) is 4.03. The van der Waals surface area contributed by atoms with Crippen molar-refractivity contribution >= 4 is 22.5 Å². The van der Waals surface area contributed by atoms with Crippen molar-refractivity contribution in [3.8, 4) is 0 Å². The molecule has 0 amide bonds. The third-order valence-electron chi connectivity index (χ3n) is 3.20. The van der Waals surface area contributed by atoms with Crippen LogP contribution in [0.1, 0.15) is 24.1 Å². The molecule has 1 aromatic heterocycles. The highest BCUT2D eigenvalue weighted by atomic mass is 35.5. The van der Waals surface area contributed by atoms with Gasteiger partial charge in [-0.2, -0.15) is 0 Å². The van der Waals surface area contributed by atoms with Crippen LogP contribution >= 0.6 is 11.6 Å². The summed E-state index contributed by atoms with van der Waals surface area (Å²) in [6.45, 7) is 4.26. The number of hydrogen-bond acceptors (Lipinski definition) is 1. The van der Waals surface area contributed by atoms with E-state index in [0.717, 1.165) is 5.02 Å². The Morgan fingerprint density at radius 2 is 2.06 bits per heavy atom. The molecule has 86 valence electrons. The molecule has 0 saturated heterocycles. The number of nitrogens with one attached hydrogen (secondary N) is 1. The minimum absolute atomic E-state index is 0.308. The lowest BCUT2D eigenvalue weighted by Gasteiger charge is -2.09. The maximum Gasteiger partial charge on any atom is 0.0525 e. The van der Waals surface area contributed by atoms with Crippen LogP contribution in [-0.4, -0.2) is 11.6 Å². The highest BCUT2D eigenvalue weighted by Crippen LogP contribution is 2.33. The van der Waals surface area contributed by atoms with Gasteiger partial charge in [-0.15, -0.1) is 0 Å². The minimum atomic E-state index is 0.308. The number of hydrogen-bond donors (Lipinski definition) is 1. The van der Waals surface area contributed by atoms with Crippen molar-refractivity contribution in [1.82, 2.24) is 9.88 Å². The number of aryl methyl sites for hydroxylation is 2. The van der Waals surface area contributed by atoms with Crippen molar-refractivity contribution < 1.29 is 0 Å². The summed E-state index contributed by atoms with van der Waals surface area (Å²) in [5.74, 6) is 0. The van der Waals surface area contributed by atoms with E-state index >= 15 is 0 Å². The van der Waals surface area contributed by atoms with Gasteiger partial charge in [0.05, 0.1) is 10.5 Å². The van der Waals surface area contributed by atoms with Gasteiger partial charge < -0.3 is 9.88 Å². The lowest BCUT2D eigenvalue weighted by molar-refractivity contribution is 0.654. The zero-order valence-corrected chi connectivity index (χ0v) is 10.9. The first-order valence-corrected chi connectivity index (χ1v) is 5.85. The largest absolute Gasteiger partial charge is 0.350 e. The molecule has 16 heavy (non-hydrogen) atoms. The van der Waals surface area contributed by atoms with Crippen LogP contribution in [0.25, 0.3) is 10.9 Å². The van der Waals surface area contributed by atoms with Crippen molar-refractivity contribution in [3.63, 3.8) is 0 Å². The van der Waals surface area contributed by atoms with Crippen LogP contribution in [0.4, 0.5) is 0 Å². The third kappa shape index (κ3) is 1.62. The Balaban J connectivity index is 2.82. The second-order valence-electron chi connectivity index (χ2n) is 4.29. The molecule has 1 atom stereocenters. The van der Waals surface area contributed by atoms with Crippen LogP contribution in [0.15, 0.2) is 18.3 Å². The maximum absolute atomic E-state index is 6.31. The summed E-state index contributed by atoms with van der Waals surface area (Å²) in [5, 5.41) is 5.27. The predicted molar refractivity (Wildman–Crippen MR) is 70.1 cm³/mol. The normalized spacial score (nSPS) is 13.3. The fourth-order valence-electron chi connectivity index (χ4n) is 2.22. The van der Waals surface area contributed by atoms with Gasteiger partial charge in [0.1, 0.15) is 0 Å². The van der Waals surface area contributed by atoms with Crippen molar-refractivity contribution in [1.29, 1.82) is 0 Å². The Morgan fingerprint density at radius 1 is 1.38 bits per heavy atom. The molecule has 1 heterocycles. The van der Waals surface area contributed by atoms with E-state index in [1.54, 1.807) is 0 Å². The second-order valence-corrected chi connectivity index (χ2v) is 4.70. The van der Waals surface area contributed by atoms with E-state index in [1.165, 1.54) is 22.0 Å². The highest BCUT2D eigenvalue weighted by molar-refractivity contribution is 6.35. The Kier molecular flexibility index (Phi) is 2.96. The molecule has 0 radical (unpaired) electrons. The van der Waals surface area contributed by atoms with Crippen molar-refractivity contribution in [2.45, 2.75) is 19.9 Å². The average molecular weight is 237 g/mol. The first-order valence-electron chi connectivity index (χ1n) is 5.47. The van der Waals surface area contributed by atoms with E-state index in [1.807, 2.05) is 13.1 Å². The van der Waals surface area contributed by atoms with Crippen LogP contribution in [0.2, 0.25) is 5.02 Å². The number of fused-ring (bicyclic) bond motifs is 1. The summed E-state index contributed by atoms with van der Waals surface area (Å²) < 4.78 is 2.15. The number of rotatable bonds is 2. The van der Waals surface area contributed by atoms with Gasteiger partial charge in [0, 0.05) is 24.7 Å². The molecular formula is C13H17ClN2. The number of benzene rings is 1. The van der Waals surface area contributed by atoms with Gasteiger partial charge in [-0.1, -0.05) is 17.7 Å². The summed E-state index contributed by atoms with van der Waals surface area (Å²) in [6, 6.07) is 4.35. The monoisotopic (exact) mass is 236 g/mol. The van der Waals surface area contributed by atoms with Gasteiger partial charge in [-0.25, -0.2) is 0 Å². The summed E-state index contributed by atoms with van der Waals surface area (Å²) in [6.07, 6.45) is 2.16. The fraction of sp³-hybridized carbons (Fsp3) is 0.385. The van der Waals surface area contributed by atoms with Crippen LogP contribution in [-0.2, 0) is 7.05 Å². The molecule has 1 aromatic carbocycles. The number of nitrogens with zero attached hydrogens (tertiary/aromatic N) is 1. The lowest BCUT2D eigenvalue weighted by atomic mass is 10.1. The molecule has 1 unspecified atom stereocenters. The van der Waals surface area contributed by atoms with Crippen LogP contribution in [0.3, 0.4) is 0 Å². The summed E-state index contributed by atoms with van der Waals surface area (Å²) in [5.41, 5.74) is 3.75. The van der Waals surface area contributed by atoms with Crippen LogP contribution in [0, 0.1) is 6.92 Å². The number of aromatic nitrogens is 1. The Hall–Kier alpha value is -0.990. The third-order valence-corrected chi connectivity index (χ3v) is 3.52. The maximum atomic E-state index is 6.31. The van der Waals surface area contributed by atoms with E-state index in [9.17, 15) is 0 Å². The zero-order chi connectivity index (χ0) is 11.9. The number of halogens is 1. The standard InChI is InChI=1S/C13H17ClN2/c1-8-5-6-11(14)12-10(9(2)15-3)7-16(4)13(8)12/h5-7,9,15H,1-4H3. The minimum Gasteiger partial charge on any atom is -0.350 e. The van der Waals surface area contributed by atoms with Gasteiger partial charge >= 0.3 is 0 Å². The molecule has 2 aromatic rings. The fourth-order valence-corrected chi connectivity index (χ4v) is 2.48. The van der Waals surface area contributed by atoms with E-state index < -0.39 is 0 Å². The summed E-state index contributed by atoms with van der Waals surface area (Å²) in [4.78, 5) is 0. The van der Waals surface area contributed by atoms with Gasteiger partial charge in [-0.3, -0.25) is 0 Å². The van der Waals surface area contributed by atoms with Crippen molar-refractivity contribution in [3.05, 3.63) is 34.5 Å². The van der Waals surface area contributed by atoms with Gasteiger partial charge in [-0.05, 0) is 38.1 Å². The molecule has 0 aliphatic heterocycles. The van der Waals surface area contributed by atoms with Crippen molar-refractivity contribution in [2.75, 3.05) is 7.05 Å². The average Bonchev–Trinajstić information content (AvgIpc) is 2.62. The Labute approximate surface area is 101 Å². The molecule has 0 spiro atoms. The molecule has 0 aliphatic carbocycles. The smallest absolute Gasteiger partial charge is 0.0525 e. The predicted octanol–water partition coefficient (Wildman–Crippen LogP) is 3.42. The molecule has 0 bridgehead atoms. The van der Waals surface area contributed by atoms with Gasteiger partial charge in [0.2, 0.25) is 0 Å². The quantitative estimate of drug-likeness (QED) is 0.846. The van der Waals surface area contributed by atoms with Gasteiger partial charge in [0.25, 0.3) is 0 Å². The second kappa shape index (κ2) is 4.11. The van der Waals surface area contributed by atoms with E-state index in [2.05, 4.69) is 43.0 Å². The van der Waals surface area contributed by atoms with Gasteiger partial charge in [0.15, 0.2) is 0 Å². The molecule has 1 N–H and O–H groups in total. The first-order chi connectivity index (χ1) is 7.56. The van der Waals surface area contributed by atoms with Crippen LogP contribution < -0.4 is 5.32 Å². The van der Waals surface area contributed by atoms with E-state index in [-0.39, 0.29) is 0 Å². The Bertz CT molecular complexity index is 528. The van der Waals surface area contributed by atoms with Crippen LogP contribution in [0.5, 0.6) is 0 Å². The highest BCUT2D eigenvalue weighted by Gasteiger charge is 2.15. The molecule has 2 rings (SSSR count). The Morgan fingerprint density at radius 3 is 2.69 bits per heavy atom. The van der Waals surface area contributed by atoms with Crippen molar-refractivity contribution in [2.24, 2.45) is 7.05 Å². The molecule has 3 heteroatoms. The molecule has 0 aliphatic rings. The molecule has 2 nitrogen and oxygen atoms in total.